The number of hydrogen-bond acceptors (Lipinski definition) is 5. The van der Waals surface area contributed by atoms with Crippen LogP contribution in [0.4, 0.5) is 5.95 Å². The van der Waals surface area contributed by atoms with Crippen LogP contribution in [0.3, 0.4) is 0 Å². The molecule has 19 heavy (non-hydrogen) atoms. The van der Waals surface area contributed by atoms with Crippen molar-refractivity contribution in [1.29, 1.82) is 0 Å². The van der Waals surface area contributed by atoms with E-state index >= 15 is 0 Å². The number of thiophene rings is 1. The molecule has 1 N–H and O–H groups in total. The van der Waals surface area contributed by atoms with Gasteiger partial charge in [-0.15, -0.1) is 23.1 Å². The number of aryl methyl sites for hydroxylation is 1. The fourth-order valence-corrected chi connectivity index (χ4v) is 3.71. The van der Waals surface area contributed by atoms with Crippen LogP contribution in [0.25, 0.3) is 10.2 Å². The van der Waals surface area contributed by atoms with Gasteiger partial charge in [-0.2, -0.15) is 0 Å². The van der Waals surface area contributed by atoms with Gasteiger partial charge in [-0.3, -0.25) is 0 Å². The lowest BCUT2D eigenvalue weighted by Gasteiger charge is -2.15. The van der Waals surface area contributed by atoms with Crippen molar-refractivity contribution in [3.05, 3.63) is 10.9 Å². The predicted octanol–water partition coefficient (Wildman–Crippen LogP) is 4.43. The number of fused-ring (bicyclic) bond motifs is 1. The number of hydrogen-bond donors (Lipinski definition) is 1. The third-order valence-corrected chi connectivity index (χ3v) is 5.84. The van der Waals surface area contributed by atoms with Crippen LogP contribution in [-0.4, -0.2) is 22.3 Å². The minimum absolute atomic E-state index is 0.549. The van der Waals surface area contributed by atoms with Crippen molar-refractivity contribution in [3.63, 3.8) is 0 Å². The highest BCUT2D eigenvalue weighted by Crippen LogP contribution is 2.35. The topological polar surface area (TPSA) is 37.8 Å². The van der Waals surface area contributed by atoms with Gasteiger partial charge in [0.1, 0.15) is 9.86 Å². The number of anilines is 1. The van der Waals surface area contributed by atoms with Crippen LogP contribution in [0.5, 0.6) is 0 Å². The number of nitrogens with one attached hydrogen (secondary N) is 1. The van der Waals surface area contributed by atoms with Gasteiger partial charge in [0.25, 0.3) is 0 Å². The first-order chi connectivity index (χ1) is 9.05. The summed E-state index contributed by atoms with van der Waals surface area (Å²) in [6, 6.07) is 2.24. The Kier molecular flexibility index (Phi) is 4.68. The van der Waals surface area contributed by atoms with Crippen molar-refractivity contribution in [3.8, 4) is 0 Å². The van der Waals surface area contributed by atoms with Gasteiger partial charge in [-0.25, -0.2) is 9.97 Å². The summed E-state index contributed by atoms with van der Waals surface area (Å²) < 4.78 is 0. The fraction of sp³-hybridized carbons (Fsp3) is 0.571. The standard InChI is InChI=1S/C14H21N3S2/c1-6-10-7-11-12(18-9(4)8(2)3)16-14(15-5)17-13(11)19-10/h7-9H,6H2,1-5H3,(H,15,16,17). The SMILES string of the molecule is CCc1cc2c(SC(C)C(C)C)nc(NC)nc2s1. The van der Waals surface area contributed by atoms with Gasteiger partial charge in [-0.05, 0) is 18.4 Å². The highest BCUT2D eigenvalue weighted by molar-refractivity contribution is 8.00. The molecule has 0 radical (unpaired) electrons. The molecule has 2 aromatic heterocycles. The molecule has 0 aliphatic rings. The lowest BCUT2D eigenvalue weighted by molar-refractivity contribution is 0.642. The molecule has 2 aromatic rings. The van der Waals surface area contributed by atoms with Gasteiger partial charge >= 0.3 is 0 Å². The summed E-state index contributed by atoms with van der Waals surface area (Å²) in [6.07, 6.45) is 1.06. The number of thioether (sulfide) groups is 1. The summed E-state index contributed by atoms with van der Waals surface area (Å²) in [5.74, 6) is 1.35. The largest absolute Gasteiger partial charge is 0.357 e. The summed E-state index contributed by atoms with van der Waals surface area (Å²) in [7, 11) is 1.87. The van der Waals surface area contributed by atoms with Crippen LogP contribution >= 0.6 is 23.1 Å². The summed E-state index contributed by atoms with van der Waals surface area (Å²) >= 11 is 3.62. The molecule has 0 aliphatic carbocycles. The second kappa shape index (κ2) is 6.09. The van der Waals surface area contributed by atoms with E-state index in [4.69, 9.17) is 0 Å². The Morgan fingerprint density at radius 1 is 1.32 bits per heavy atom. The highest BCUT2D eigenvalue weighted by Gasteiger charge is 2.16. The highest BCUT2D eigenvalue weighted by atomic mass is 32.2. The first-order valence-corrected chi connectivity index (χ1v) is 8.39. The summed E-state index contributed by atoms with van der Waals surface area (Å²) in [4.78, 5) is 11.7. The molecule has 104 valence electrons. The Morgan fingerprint density at radius 3 is 2.63 bits per heavy atom. The Morgan fingerprint density at radius 2 is 2.05 bits per heavy atom. The predicted molar refractivity (Wildman–Crippen MR) is 86.5 cm³/mol. The first-order valence-electron chi connectivity index (χ1n) is 6.70. The van der Waals surface area contributed by atoms with E-state index < -0.39 is 0 Å². The van der Waals surface area contributed by atoms with E-state index in [1.165, 1.54) is 10.3 Å². The van der Waals surface area contributed by atoms with Crippen LogP contribution in [0, 0.1) is 5.92 Å². The van der Waals surface area contributed by atoms with Gasteiger partial charge in [0.15, 0.2) is 0 Å². The second-order valence-corrected chi connectivity index (χ2v) is 7.44. The zero-order valence-electron chi connectivity index (χ0n) is 12.2. The average Bonchev–Trinajstić information content (AvgIpc) is 2.81. The number of nitrogens with zero attached hydrogens (tertiary/aromatic N) is 2. The molecular formula is C14H21N3S2. The average molecular weight is 295 g/mol. The first kappa shape index (κ1) is 14.6. The van der Waals surface area contributed by atoms with E-state index in [0.29, 0.717) is 11.2 Å². The molecular weight excluding hydrogens is 274 g/mol. The van der Waals surface area contributed by atoms with Gasteiger partial charge in [0.2, 0.25) is 5.95 Å². The third kappa shape index (κ3) is 3.20. The molecule has 0 aliphatic heterocycles. The monoisotopic (exact) mass is 295 g/mol. The maximum atomic E-state index is 4.64. The molecule has 1 atom stereocenters. The molecule has 0 aromatic carbocycles. The normalized spacial score (nSPS) is 13.2. The summed E-state index contributed by atoms with van der Waals surface area (Å²) in [5, 5.41) is 5.92. The zero-order chi connectivity index (χ0) is 14.0. The van der Waals surface area contributed by atoms with E-state index in [1.807, 2.05) is 18.8 Å². The molecule has 0 bridgehead atoms. The minimum Gasteiger partial charge on any atom is -0.357 e. The molecule has 3 nitrogen and oxygen atoms in total. The van der Waals surface area contributed by atoms with Crippen molar-refractivity contribution in [2.24, 2.45) is 5.92 Å². The third-order valence-electron chi connectivity index (χ3n) is 3.22. The van der Waals surface area contributed by atoms with E-state index in [2.05, 4.69) is 49.0 Å². The zero-order valence-corrected chi connectivity index (χ0v) is 13.8. The quantitative estimate of drug-likeness (QED) is 0.654. The van der Waals surface area contributed by atoms with Gasteiger partial charge < -0.3 is 5.32 Å². The fourth-order valence-electron chi connectivity index (χ4n) is 1.63. The molecule has 0 fully saturated rings. The molecule has 2 rings (SSSR count). The Labute approximate surface area is 123 Å². The van der Waals surface area contributed by atoms with Crippen molar-refractivity contribution in [1.82, 2.24) is 9.97 Å². The van der Waals surface area contributed by atoms with Crippen LogP contribution < -0.4 is 5.32 Å². The summed E-state index contributed by atoms with van der Waals surface area (Å²) in [6.45, 7) is 8.94. The van der Waals surface area contributed by atoms with E-state index in [1.54, 1.807) is 11.3 Å². The van der Waals surface area contributed by atoms with Crippen molar-refractivity contribution >= 4 is 39.3 Å². The van der Waals surface area contributed by atoms with Crippen LogP contribution in [0.2, 0.25) is 0 Å². The molecule has 5 heteroatoms. The van der Waals surface area contributed by atoms with Crippen LogP contribution in [0.15, 0.2) is 11.1 Å². The molecule has 1 unspecified atom stereocenters. The van der Waals surface area contributed by atoms with Gasteiger partial charge in [0, 0.05) is 22.6 Å². The molecule has 0 saturated heterocycles. The maximum Gasteiger partial charge on any atom is 0.224 e. The minimum atomic E-state index is 0.549. The lowest BCUT2D eigenvalue weighted by Crippen LogP contribution is -2.06. The van der Waals surface area contributed by atoms with Crippen molar-refractivity contribution in [2.45, 2.75) is 44.4 Å². The van der Waals surface area contributed by atoms with Gasteiger partial charge in [-0.1, -0.05) is 27.7 Å². The van der Waals surface area contributed by atoms with E-state index in [-0.39, 0.29) is 0 Å². The van der Waals surface area contributed by atoms with Gasteiger partial charge in [0.05, 0.1) is 0 Å². The number of aromatic nitrogens is 2. The summed E-state index contributed by atoms with van der Waals surface area (Å²) in [5.41, 5.74) is 0. The maximum absolute atomic E-state index is 4.64. The second-order valence-electron chi connectivity index (χ2n) is 4.95. The number of rotatable bonds is 5. The van der Waals surface area contributed by atoms with Crippen molar-refractivity contribution < 1.29 is 0 Å². The molecule has 0 saturated carbocycles. The van der Waals surface area contributed by atoms with E-state index in [0.717, 1.165) is 22.2 Å². The smallest absolute Gasteiger partial charge is 0.224 e. The molecule has 0 amide bonds. The van der Waals surface area contributed by atoms with Crippen molar-refractivity contribution in [2.75, 3.05) is 12.4 Å². The molecule has 0 spiro atoms. The Balaban J connectivity index is 2.47. The lowest BCUT2D eigenvalue weighted by atomic mass is 10.2. The molecule has 2 heterocycles. The van der Waals surface area contributed by atoms with Crippen LogP contribution in [-0.2, 0) is 6.42 Å². The van der Waals surface area contributed by atoms with E-state index in [9.17, 15) is 0 Å². The Hall–Kier alpha value is -0.810. The Bertz CT molecular complexity index is 563. The van der Waals surface area contributed by atoms with Crippen LogP contribution in [0.1, 0.15) is 32.6 Å².